The molecular formula is C10H16N4O2S. The van der Waals surface area contributed by atoms with Crippen molar-refractivity contribution in [3.05, 3.63) is 22.8 Å². The van der Waals surface area contributed by atoms with Crippen LogP contribution in [0.3, 0.4) is 0 Å². The Balaban J connectivity index is 3.65. The Labute approximate surface area is 101 Å². The lowest BCUT2D eigenvalue weighted by atomic mass is 10.1. The number of guanidine groups is 1. The number of rotatable bonds is 2. The van der Waals surface area contributed by atoms with E-state index >= 15 is 0 Å². The fourth-order valence-corrected chi connectivity index (χ4v) is 3.09. The van der Waals surface area contributed by atoms with Crippen molar-refractivity contribution in [3.8, 4) is 0 Å². The molecule has 1 aromatic carbocycles. The third kappa shape index (κ3) is 2.50. The molecule has 0 aliphatic carbocycles. The molecule has 0 atom stereocenters. The second kappa shape index (κ2) is 4.25. The molecular weight excluding hydrogens is 240 g/mol. The second-order valence-corrected chi connectivity index (χ2v) is 5.41. The number of hydrogen-bond donors (Lipinski definition) is 3. The van der Waals surface area contributed by atoms with Crippen LogP contribution in [-0.4, -0.2) is 14.4 Å². The van der Waals surface area contributed by atoms with Crippen LogP contribution in [0.15, 0.2) is 15.4 Å². The van der Waals surface area contributed by atoms with Gasteiger partial charge in [-0.1, -0.05) is 6.07 Å². The summed E-state index contributed by atoms with van der Waals surface area (Å²) >= 11 is 0. The van der Waals surface area contributed by atoms with Crippen molar-refractivity contribution in [1.29, 1.82) is 0 Å². The van der Waals surface area contributed by atoms with Crippen LogP contribution in [0.4, 0.5) is 5.69 Å². The van der Waals surface area contributed by atoms with Gasteiger partial charge in [-0.2, -0.15) is 8.42 Å². The first-order valence-electron chi connectivity index (χ1n) is 4.89. The van der Waals surface area contributed by atoms with Crippen LogP contribution in [0.25, 0.3) is 0 Å². The molecule has 0 saturated heterocycles. The molecule has 0 spiro atoms. The largest absolute Gasteiger partial charge is 0.398 e. The molecule has 0 radical (unpaired) electrons. The smallest absolute Gasteiger partial charge is 0.286 e. The molecule has 0 aliphatic heterocycles. The Morgan fingerprint density at radius 3 is 2.18 bits per heavy atom. The molecule has 0 aromatic heterocycles. The van der Waals surface area contributed by atoms with E-state index in [4.69, 9.17) is 17.2 Å². The molecule has 94 valence electrons. The lowest BCUT2D eigenvalue weighted by molar-refractivity contribution is 0.596. The average molecular weight is 256 g/mol. The monoisotopic (exact) mass is 256 g/mol. The Kier molecular flexibility index (Phi) is 3.33. The molecule has 6 N–H and O–H groups in total. The van der Waals surface area contributed by atoms with Crippen LogP contribution in [0.2, 0.25) is 0 Å². The number of aryl methyl sites for hydroxylation is 2. The van der Waals surface area contributed by atoms with Crippen LogP contribution in [-0.2, 0) is 10.0 Å². The van der Waals surface area contributed by atoms with E-state index in [1.165, 1.54) is 0 Å². The minimum absolute atomic E-state index is 0.0639. The highest BCUT2D eigenvalue weighted by Crippen LogP contribution is 2.29. The molecule has 0 heterocycles. The van der Waals surface area contributed by atoms with Gasteiger partial charge in [0.2, 0.25) is 5.96 Å². The fraction of sp³-hybridized carbons (Fsp3) is 0.300. The summed E-state index contributed by atoms with van der Waals surface area (Å²) in [7, 11) is -3.90. The Hall–Kier alpha value is -1.76. The van der Waals surface area contributed by atoms with E-state index in [1.54, 1.807) is 19.9 Å². The molecule has 1 aromatic rings. The summed E-state index contributed by atoms with van der Waals surface area (Å²) in [5.74, 6) is -0.497. The topological polar surface area (TPSA) is 125 Å². The normalized spacial score (nSPS) is 11.2. The van der Waals surface area contributed by atoms with E-state index < -0.39 is 16.0 Å². The van der Waals surface area contributed by atoms with Gasteiger partial charge in [-0.25, -0.2) is 0 Å². The minimum Gasteiger partial charge on any atom is -0.398 e. The SMILES string of the molecule is Cc1cc(C)c(S(=O)(=O)N=C(N)N)c(C)c1N. The molecule has 0 bridgehead atoms. The van der Waals surface area contributed by atoms with E-state index in [0.717, 1.165) is 5.56 Å². The van der Waals surface area contributed by atoms with Crippen LogP contribution in [0.1, 0.15) is 16.7 Å². The average Bonchev–Trinajstić information content (AvgIpc) is 2.11. The van der Waals surface area contributed by atoms with Crippen molar-refractivity contribution in [2.75, 3.05) is 5.73 Å². The quantitative estimate of drug-likeness (QED) is 0.395. The summed E-state index contributed by atoms with van der Waals surface area (Å²) in [6, 6.07) is 1.69. The van der Waals surface area contributed by atoms with Gasteiger partial charge in [0.15, 0.2) is 0 Å². The molecule has 0 saturated carbocycles. The van der Waals surface area contributed by atoms with Crippen LogP contribution in [0.5, 0.6) is 0 Å². The molecule has 1 rings (SSSR count). The maximum atomic E-state index is 11.9. The lowest BCUT2D eigenvalue weighted by Gasteiger charge is -2.12. The summed E-state index contributed by atoms with van der Waals surface area (Å²) in [5, 5.41) is 0. The van der Waals surface area contributed by atoms with E-state index in [-0.39, 0.29) is 4.90 Å². The van der Waals surface area contributed by atoms with Gasteiger partial charge in [0.25, 0.3) is 10.0 Å². The van der Waals surface area contributed by atoms with Gasteiger partial charge in [-0.3, -0.25) is 0 Å². The molecule has 6 nitrogen and oxygen atoms in total. The maximum Gasteiger partial charge on any atom is 0.286 e. The summed E-state index contributed by atoms with van der Waals surface area (Å²) in [4.78, 5) is 0.0639. The second-order valence-electron chi connectivity index (χ2n) is 3.87. The zero-order chi connectivity index (χ0) is 13.4. The standard InChI is InChI=1S/C10H16N4O2S/c1-5-4-6(2)9(7(3)8(5)11)17(15,16)14-10(12)13/h4H,11H2,1-3H3,(H4,12,13,14). The Bertz CT molecular complexity index is 587. The van der Waals surface area contributed by atoms with Crippen molar-refractivity contribution in [1.82, 2.24) is 0 Å². The summed E-state index contributed by atoms with van der Waals surface area (Å²) in [6.07, 6.45) is 0. The van der Waals surface area contributed by atoms with E-state index in [1.807, 2.05) is 6.92 Å². The van der Waals surface area contributed by atoms with Crippen LogP contribution < -0.4 is 17.2 Å². The van der Waals surface area contributed by atoms with E-state index in [0.29, 0.717) is 16.8 Å². The number of benzene rings is 1. The number of nitrogens with two attached hydrogens (primary N) is 3. The first-order chi connectivity index (χ1) is 7.66. The van der Waals surface area contributed by atoms with Gasteiger partial charge >= 0.3 is 0 Å². The number of sulfonamides is 1. The van der Waals surface area contributed by atoms with Crippen LogP contribution >= 0.6 is 0 Å². The predicted octanol–water partition coefficient (Wildman–Crippen LogP) is 0.156. The van der Waals surface area contributed by atoms with E-state index in [2.05, 4.69) is 4.40 Å². The zero-order valence-corrected chi connectivity index (χ0v) is 10.8. The van der Waals surface area contributed by atoms with Gasteiger partial charge in [0.1, 0.15) is 0 Å². The minimum atomic E-state index is -3.90. The van der Waals surface area contributed by atoms with E-state index in [9.17, 15) is 8.42 Å². The summed E-state index contributed by atoms with van der Waals surface area (Å²) in [6.45, 7) is 5.12. The third-order valence-electron chi connectivity index (χ3n) is 2.44. The van der Waals surface area contributed by atoms with Crippen molar-refractivity contribution in [2.24, 2.45) is 15.9 Å². The predicted molar refractivity (Wildman–Crippen MR) is 68.1 cm³/mol. The third-order valence-corrected chi connectivity index (χ3v) is 4.04. The number of nitrogen functional groups attached to an aromatic ring is 1. The molecule has 17 heavy (non-hydrogen) atoms. The van der Waals surface area contributed by atoms with Gasteiger partial charge in [-0.05, 0) is 37.5 Å². The highest BCUT2D eigenvalue weighted by atomic mass is 32.2. The summed E-state index contributed by atoms with van der Waals surface area (Å²) < 4.78 is 27.2. The zero-order valence-electron chi connectivity index (χ0n) is 9.98. The highest BCUT2D eigenvalue weighted by molar-refractivity contribution is 7.90. The number of anilines is 1. The first kappa shape index (κ1) is 13.3. The van der Waals surface area contributed by atoms with Crippen molar-refractivity contribution >= 4 is 21.7 Å². The van der Waals surface area contributed by atoms with Gasteiger partial charge in [0.05, 0.1) is 4.90 Å². The number of hydrogen-bond acceptors (Lipinski definition) is 3. The Morgan fingerprint density at radius 1 is 1.18 bits per heavy atom. The first-order valence-corrected chi connectivity index (χ1v) is 6.33. The van der Waals surface area contributed by atoms with Crippen molar-refractivity contribution < 1.29 is 8.42 Å². The molecule has 0 fully saturated rings. The molecule has 0 aliphatic rings. The van der Waals surface area contributed by atoms with Gasteiger partial charge in [-0.15, -0.1) is 4.40 Å². The highest BCUT2D eigenvalue weighted by Gasteiger charge is 2.21. The Morgan fingerprint density at radius 2 is 1.71 bits per heavy atom. The molecule has 0 amide bonds. The van der Waals surface area contributed by atoms with Crippen molar-refractivity contribution in [2.45, 2.75) is 25.7 Å². The number of nitrogens with zero attached hydrogens (tertiary/aromatic N) is 1. The van der Waals surface area contributed by atoms with Gasteiger partial charge < -0.3 is 17.2 Å². The lowest BCUT2D eigenvalue weighted by Crippen LogP contribution is -2.24. The van der Waals surface area contributed by atoms with Crippen molar-refractivity contribution in [3.63, 3.8) is 0 Å². The van der Waals surface area contributed by atoms with Crippen LogP contribution in [0, 0.1) is 20.8 Å². The van der Waals surface area contributed by atoms with Gasteiger partial charge in [0, 0.05) is 5.69 Å². The fourth-order valence-electron chi connectivity index (χ4n) is 1.76. The molecule has 7 heteroatoms. The summed E-state index contributed by atoms with van der Waals surface area (Å²) in [5.41, 5.74) is 18.3. The maximum absolute atomic E-state index is 11.9. The molecule has 0 unspecified atom stereocenters.